The van der Waals surface area contributed by atoms with Crippen molar-refractivity contribution in [2.75, 3.05) is 33.2 Å². The second-order valence-corrected chi connectivity index (χ2v) is 10.8. The molecule has 2 aliphatic heterocycles. The minimum absolute atomic E-state index is 0.768. The highest BCUT2D eigenvalue weighted by Crippen LogP contribution is 2.25. The lowest BCUT2D eigenvalue weighted by atomic mass is 10.0. The van der Waals surface area contributed by atoms with E-state index in [9.17, 15) is 0 Å². The number of hydrogen-bond acceptors (Lipinski definition) is 6. The Kier molecular flexibility index (Phi) is 15.5. The van der Waals surface area contributed by atoms with Gasteiger partial charge in [0.15, 0.2) is 0 Å². The number of likely N-dealkylation sites (tertiary alicyclic amines) is 1. The van der Waals surface area contributed by atoms with Crippen molar-refractivity contribution in [3.8, 4) is 11.3 Å². The van der Waals surface area contributed by atoms with Gasteiger partial charge in [0.2, 0.25) is 0 Å². The molecule has 8 nitrogen and oxygen atoms in total. The van der Waals surface area contributed by atoms with E-state index < -0.39 is 0 Å². The molecule has 1 aromatic carbocycles. The Morgan fingerprint density at radius 1 is 0.978 bits per heavy atom. The molecule has 2 N–H and O–H groups in total. The zero-order valence-corrected chi connectivity index (χ0v) is 27.8. The minimum atomic E-state index is 0.768. The first kappa shape index (κ1) is 35.2. The average molecular weight is 609 g/mol. The van der Waals surface area contributed by atoms with Crippen LogP contribution in [0.5, 0.6) is 0 Å². The van der Waals surface area contributed by atoms with Crippen LogP contribution in [0, 0.1) is 0 Å². The number of likely N-dealkylation sites (N-methyl/N-ethyl adjacent to an activating group) is 1. The number of nitrogens with one attached hydrogen (secondary N) is 2. The highest BCUT2D eigenvalue weighted by molar-refractivity contribution is 5.83. The van der Waals surface area contributed by atoms with Gasteiger partial charge in [0, 0.05) is 60.6 Å². The predicted octanol–water partition coefficient (Wildman–Crippen LogP) is 9.05. The van der Waals surface area contributed by atoms with Crippen molar-refractivity contribution in [1.82, 2.24) is 30.1 Å². The number of rotatable bonds is 8. The number of para-hydroxylation sites is 1. The molecule has 0 atom stereocenters. The first-order chi connectivity index (χ1) is 22.2. The molecule has 45 heavy (non-hydrogen) atoms. The molecule has 2 aliphatic rings. The van der Waals surface area contributed by atoms with Crippen molar-refractivity contribution in [2.24, 2.45) is 10.3 Å². The number of fused-ring (bicyclic) bond motifs is 1. The van der Waals surface area contributed by atoms with Crippen LogP contribution in [0.4, 0.5) is 0 Å². The summed E-state index contributed by atoms with van der Waals surface area (Å²) in [6, 6.07) is 12.6. The largest absolute Gasteiger partial charge is 0.361 e. The molecule has 8 heteroatoms. The van der Waals surface area contributed by atoms with Gasteiger partial charge in [-0.05, 0) is 74.7 Å². The fourth-order valence-electron chi connectivity index (χ4n) is 5.47. The fourth-order valence-corrected chi connectivity index (χ4v) is 5.47. The highest BCUT2D eigenvalue weighted by atomic mass is 15.5. The van der Waals surface area contributed by atoms with Gasteiger partial charge in [-0.2, -0.15) is 5.10 Å². The van der Waals surface area contributed by atoms with Crippen LogP contribution in [-0.4, -0.2) is 63.3 Å². The maximum absolute atomic E-state index is 4.47. The average Bonchev–Trinajstić information content (AvgIpc) is 3.62. The Balaban J connectivity index is 0.000000226. The Morgan fingerprint density at radius 2 is 1.71 bits per heavy atom. The normalized spacial score (nSPS) is 14.8. The van der Waals surface area contributed by atoms with Gasteiger partial charge in [0.1, 0.15) is 0 Å². The molecule has 6 rings (SSSR count). The summed E-state index contributed by atoms with van der Waals surface area (Å²) in [6.45, 7) is 16.7. The molecule has 5 heterocycles. The molecular weight excluding hydrogens is 556 g/mol. The molecular formula is C37H52N8. The maximum Gasteiger partial charge on any atom is 0.0959 e. The third-order valence-electron chi connectivity index (χ3n) is 7.81. The van der Waals surface area contributed by atoms with Gasteiger partial charge in [-0.3, -0.25) is 15.1 Å². The Labute approximate surface area is 270 Å². The van der Waals surface area contributed by atoms with E-state index >= 15 is 0 Å². The fraction of sp³-hybridized carbons (Fsp3) is 0.405. The van der Waals surface area contributed by atoms with Gasteiger partial charge in [-0.1, -0.05) is 63.1 Å². The van der Waals surface area contributed by atoms with E-state index in [0.29, 0.717) is 0 Å². The smallest absolute Gasteiger partial charge is 0.0959 e. The molecule has 0 aliphatic carbocycles. The molecule has 0 amide bonds. The second-order valence-electron chi connectivity index (χ2n) is 10.8. The second kappa shape index (κ2) is 19.9. The van der Waals surface area contributed by atoms with E-state index in [1.165, 1.54) is 73.8 Å². The lowest BCUT2D eigenvalue weighted by Crippen LogP contribution is -2.26. The molecule has 1 saturated heterocycles. The molecule has 1 fully saturated rings. The van der Waals surface area contributed by atoms with E-state index in [1.807, 2.05) is 33.0 Å². The van der Waals surface area contributed by atoms with E-state index in [2.05, 4.69) is 104 Å². The van der Waals surface area contributed by atoms with Gasteiger partial charge in [-0.25, -0.2) is 0 Å². The maximum atomic E-state index is 4.47. The Bertz CT molecular complexity index is 1470. The summed E-state index contributed by atoms with van der Waals surface area (Å²) in [5.41, 5.74) is 8.06. The van der Waals surface area contributed by atoms with E-state index in [4.69, 9.17) is 0 Å². The summed E-state index contributed by atoms with van der Waals surface area (Å²) in [5, 5.41) is 19.0. The number of allylic oxidation sites excluding steroid dienone is 1. The van der Waals surface area contributed by atoms with Crippen LogP contribution >= 0.6 is 0 Å². The number of nitrogens with zero attached hydrogens (tertiary/aromatic N) is 6. The standard InChI is InChI=1S/C17H20N6.C16H22N2.C2H6.C2H4/c1-3-15-16(6-4-5-14-9-12-23(2)22-19-14)20-21-17(15)13-7-10-18-11-8-13;1-2-6-11-18(10-5-1)12-9-14-13-17-16-8-4-3-7-15(14)16;2*1-2/h4,6-11H,3,5,12H2,1-2H3,(H,20,21);3-4,7-8,13,17H,1-2,5-6,9-12H2;1-2H3;1-2H2/b6-4-;;;. The quantitative estimate of drug-likeness (QED) is 0.195. The molecule has 3 aromatic heterocycles. The summed E-state index contributed by atoms with van der Waals surface area (Å²) in [7, 11) is 1.91. The summed E-state index contributed by atoms with van der Waals surface area (Å²) >= 11 is 0. The number of hydrogen-bond donors (Lipinski definition) is 2. The predicted molar refractivity (Wildman–Crippen MR) is 190 cm³/mol. The molecule has 0 radical (unpaired) electrons. The van der Waals surface area contributed by atoms with Crippen LogP contribution in [0.2, 0.25) is 0 Å². The number of aromatic nitrogens is 4. The minimum Gasteiger partial charge on any atom is -0.361 e. The van der Waals surface area contributed by atoms with Crippen molar-refractivity contribution in [3.63, 3.8) is 0 Å². The van der Waals surface area contributed by atoms with Crippen molar-refractivity contribution >= 4 is 17.0 Å². The van der Waals surface area contributed by atoms with Crippen LogP contribution in [0.3, 0.4) is 0 Å². The summed E-state index contributed by atoms with van der Waals surface area (Å²) < 4.78 is 0. The SMILES string of the molecule is C=C.CC.CCc1c(-c2ccncc2)n[nH]c1/C=C\CC1=CCN(C)N=N1.c1ccc2c(CCN3CCCCCC3)c[nH]c2c1. The first-order valence-corrected chi connectivity index (χ1v) is 16.4. The lowest BCUT2D eigenvalue weighted by molar-refractivity contribution is 0.289. The molecule has 0 spiro atoms. The first-order valence-electron chi connectivity index (χ1n) is 16.4. The number of pyridine rings is 1. The summed E-state index contributed by atoms with van der Waals surface area (Å²) in [4.78, 5) is 10.1. The third kappa shape index (κ3) is 10.7. The van der Waals surface area contributed by atoms with Gasteiger partial charge in [0.25, 0.3) is 0 Å². The Hall–Kier alpha value is -4.30. The summed E-state index contributed by atoms with van der Waals surface area (Å²) in [6.07, 6.45) is 20.5. The van der Waals surface area contributed by atoms with Crippen LogP contribution < -0.4 is 0 Å². The van der Waals surface area contributed by atoms with E-state index in [0.717, 1.165) is 42.0 Å². The molecule has 0 bridgehead atoms. The van der Waals surface area contributed by atoms with Crippen molar-refractivity contribution in [3.05, 3.63) is 103 Å². The Morgan fingerprint density at radius 3 is 2.40 bits per heavy atom. The molecule has 4 aromatic rings. The topological polar surface area (TPSA) is 88.6 Å². The zero-order chi connectivity index (χ0) is 32.3. The van der Waals surface area contributed by atoms with Crippen LogP contribution in [0.1, 0.15) is 69.7 Å². The van der Waals surface area contributed by atoms with Gasteiger partial charge >= 0.3 is 0 Å². The van der Waals surface area contributed by atoms with Crippen molar-refractivity contribution in [1.29, 1.82) is 0 Å². The number of benzene rings is 1. The number of aromatic amines is 2. The van der Waals surface area contributed by atoms with Gasteiger partial charge < -0.3 is 9.88 Å². The molecule has 0 unspecified atom stereocenters. The summed E-state index contributed by atoms with van der Waals surface area (Å²) in [5.74, 6) is 0. The third-order valence-corrected chi connectivity index (χ3v) is 7.81. The van der Waals surface area contributed by atoms with E-state index in [-0.39, 0.29) is 0 Å². The van der Waals surface area contributed by atoms with Gasteiger partial charge in [-0.15, -0.1) is 18.3 Å². The zero-order valence-electron chi connectivity index (χ0n) is 27.8. The van der Waals surface area contributed by atoms with Crippen LogP contribution in [0.25, 0.3) is 28.2 Å². The van der Waals surface area contributed by atoms with Gasteiger partial charge in [0.05, 0.1) is 23.6 Å². The van der Waals surface area contributed by atoms with Crippen LogP contribution in [0.15, 0.2) is 96.3 Å². The molecule has 0 saturated carbocycles. The highest BCUT2D eigenvalue weighted by Gasteiger charge is 2.12. The number of H-pyrrole nitrogens is 2. The molecule has 240 valence electrons. The lowest BCUT2D eigenvalue weighted by Gasteiger charge is -2.19. The van der Waals surface area contributed by atoms with E-state index in [1.54, 1.807) is 17.4 Å². The van der Waals surface area contributed by atoms with Crippen LogP contribution in [-0.2, 0) is 12.8 Å². The van der Waals surface area contributed by atoms with Crippen molar-refractivity contribution < 1.29 is 0 Å². The monoisotopic (exact) mass is 608 g/mol. The van der Waals surface area contributed by atoms with Crippen molar-refractivity contribution in [2.45, 2.75) is 65.7 Å².